The molecule has 3 nitrogen and oxygen atoms in total. The summed E-state index contributed by atoms with van der Waals surface area (Å²) in [5, 5.41) is 5.58. The Morgan fingerprint density at radius 3 is 2.42 bits per heavy atom. The van der Waals surface area contributed by atoms with Crippen LogP contribution in [0.15, 0.2) is 53.3 Å². The molecule has 0 aliphatic carbocycles. The van der Waals surface area contributed by atoms with Crippen LogP contribution in [0.1, 0.15) is 0 Å². The number of halogens is 2. The van der Waals surface area contributed by atoms with Crippen LogP contribution in [-0.2, 0) is 0 Å². The number of nitrogens with zero attached hydrogens (tertiary/aromatic N) is 2. The molecule has 0 radical (unpaired) electrons. The van der Waals surface area contributed by atoms with Crippen molar-refractivity contribution in [1.29, 1.82) is 0 Å². The molecule has 1 N–H and O–H groups in total. The lowest BCUT2D eigenvalue weighted by atomic mass is 10.1. The van der Waals surface area contributed by atoms with Gasteiger partial charge in [-0.3, -0.25) is 0 Å². The van der Waals surface area contributed by atoms with Gasteiger partial charge in [0.2, 0.25) is 5.95 Å². The van der Waals surface area contributed by atoms with Crippen molar-refractivity contribution in [2.45, 2.75) is 0 Å². The Morgan fingerprint density at radius 1 is 0.947 bits per heavy atom. The Kier molecular flexibility index (Phi) is 3.65. The number of fused-ring (bicyclic) bond motifs is 1. The van der Waals surface area contributed by atoms with Crippen LogP contribution in [0.2, 0.25) is 0 Å². The smallest absolute Gasteiger partial charge is 0.227 e. The molecule has 0 atom stereocenters. The van der Waals surface area contributed by atoms with Gasteiger partial charge in [0.1, 0.15) is 0 Å². The van der Waals surface area contributed by atoms with Crippen LogP contribution < -0.4 is 5.32 Å². The normalized spacial score (nSPS) is 10.6. The Hall–Kier alpha value is -1.21. The first-order valence-corrected chi connectivity index (χ1v) is 7.52. The Bertz CT molecular complexity index is 728. The molecule has 2 aromatic carbocycles. The van der Waals surface area contributed by atoms with Crippen molar-refractivity contribution in [3.63, 3.8) is 0 Å². The Morgan fingerprint density at radius 2 is 1.63 bits per heavy atom. The molecular formula is C14H9BrIN3. The zero-order valence-electron chi connectivity index (χ0n) is 9.77. The monoisotopic (exact) mass is 425 g/mol. The van der Waals surface area contributed by atoms with Crippen molar-refractivity contribution in [3.05, 3.63) is 56.8 Å². The van der Waals surface area contributed by atoms with Crippen LogP contribution in [0.25, 0.3) is 10.8 Å². The summed E-state index contributed by atoms with van der Waals surface area (Å²) in [6.07, 6.45) is 3.57. The SMILES string of the molecule is Brc1ccc2cc(Nc3ncc(I)cn3)ccc2c1. The number of nitrogens with one attached hydrogen (secondary N) is 1. The summed E-state index contributed by atoms with van der Waals surface area (Å²) in [6, 6.07) is 12.4. The fraction of sp³-hybridized carbons (Fsp3) is 0. The molecule has 94 valence electrons. The summed E-state index contributed by atoms with van der Waals surface area (Å²) in [6.45, 7) is 0. The van der Waals surface area contributed by atoms with Crippen LogP contribution in [-0.4, -0.2) is 9.97 Å². The number of benzene rings is 2. The van der Waals surface area contributed by atoms with Gasteiger partial charge in [0.25, 0.3) is 0 Å². The molecule has 0 bridgehead atoms. The van der Waals surface area contributed by atoms with E-state index in [2.05, 4.69) is 78.1 Å². The second kappa shape index (κ2) is 5.42. The molecule has 5 heteroatoms. The van der Waals surface area contributed by atoms with Gasteiger partial charge >= 0.3 is 0 Å². The summed E-state index contributed by atoms with van der Waals surface area (Å²) >= 11 is 5.66. The molecule has 19 heavy (non-hydrogen) atoms. The first-order valence-electron chi connectivity index (χ1n) is 5.64. The first-order chi connectivity index (χ1) is 9.20. The van der Waals surface area contributed by atoms with E-state index < -0.39 is 0 Å². The molecule has 0 spiro atoms. The summed E-state index contributed by atoms with van der Waals surface area (Å²) in [7, 11) is 0. The highest BCUT2D eigenvalue weighted by atomic mass is 127. The van der Waals surface area contributed by atoms with Crippen LogP contribution in [0.4, 0.5) is 11.6 Å². The molecule has 0 amide bonds. The van der Waals surface area contributed by atoms with Gasteiger partial charge in [-0.2, -0.15) is 0 Å². The second-order valence-corrected chi connectivity index (χ2v) is 6.22. The van der Waals surface area contributed by atoms with Crippen molar-refractivity contribution in [3.8, 4) is 0 Å². The standard InChI is InChI=1S/C14H9BrIN3/c15-11-3-1-10-6-13(4-2-9(10)5-11)19-14-17-7-12(16)8-18-14/h1-8H,(H,17,18,19). The highest BCUT2D eigenvalue weighted by Crippen LogP contribution is 2.24. The van der Waals surface area contributed by atoms with E-state index in [9.17, 15) is 0 Å². The third-order valence-electron chi connectivity index (χ3n) is 2.68. The fourth-order valence-electron chi connectivity index (χ4n) is 1.80. The summed E-state index contributed by atoms with van der Waals surface area (Å²) in [5.41, 5.74) is 0.982. The first kappa shape index (κ1) is 12.8. The quantitative estimate of drug-likeness (QED) is 0.602. The fourth-order valence-corrected chi connectivity index (χ4v) is 2.46. The maximum Gasteiger partial charge on any atom is 0.227 e. The molecule has 0 aliphatic heterocycles. The van der Waals surface area contributed by atoms with E-state index in [1.54, 1.807) is 12.4 Å². The maximum absolute atomic E-state index is 4.23. The summed E-state index contributed by atoms with van der Waals surface area (Å²) < 4.78 is 2.10. The number of aromatic nitrogens is 2. The van der Waals surface area contributed by atoms with E-state index in [-0.39, 0.29) is 0 Å². The Balaban J connectivity index is 1.93. The third-order valence-corrected chi connectivity index (χ3v) is 3.73. The molecule has 1 aromatic heterocycles. The van der Waals surface area contributed by atoms with Crippen molar-refractivity contribution < 1.29 is 0 Å². The predicted molar refractivity (Wildman–Crippen MR) is 89.7 cm³/mol. The minimum Gasteiger partial charge on any atom is -0.324 e. The lowest BCUT2D eigenvalue weighted by molar-refractivity contribution is 1.15. The topological polar surface area (TPSA) is 37.8 Å². The average Bonchev–Trinajstić information content (AvgIpc) is 2.42. The minimum atomic E-state index is 0.608. The number of rotatable bonds is 2. The van der Waals surface area contributed by atoms with E-state index in [0.29, 0.717) is 5.95 Å². The molecule has 3 rings (SSSR count). The van der Waals surface area contributed by atoms with Gasteiger partial charge < -0.3 is 5.32 Å². The average molecular weight is 426 g/mol. The molecule has 0 unspecified atom stereocenters. The van der Waals surface area contributed by atoms with Gasteiger partial charge in [-0.25, -0.2) is 9.97 Å². The van der Waals surface area contributed by atoms with Gasteiger partial charge in [-0.15, -0.1) is 0 Å². The van der Waals surface area contributed by atoms with Crippen molar-refractivity contribution >= 4 is 60.9 Å². The van der Waals surface area contributed by atoms with Crippen LogP contribution in [0.5, 0.6) is 0 Å². The van der Waals surface area contributed by atoms with Gasteiger partial charge in [0.05, 0.1) is 0 Å². The Labute approximate surface area is 132 Å². The minimum absolute atomic E-state index is 0.608. The van der Waals surface area contributed by atoms with E-state index in [1.165, 1.54) is 10.8 Å². The third kappa shape index (κ3) is 3.03. The number of hydrogen-bond acceptors (Lipinski definition) is 3. The van der Waals surface area contributed by atoms with Crippen molar-refractivity contribution in [1.82, 2.24) is 9.97 Å². The van der Waals surface area contributed by atoms with Gasteiger partial charge in [-0.05, 0) is 57.6 Å². The van der Waals surface area contributed by atoms with Crippen molar-refractivity contribution in [2.24, 2.45) is 0 Å². The molecule has 1 heterocycles. The second-order valence-electron chi connectivity index (χ2n) is 4.06. The molecule has 0 fully saturated rings. The van der Waals surface area contributed by atoms with Crippen LogP contribution in [0, 0.1) is 3.57 Å². The zero-order valence-corrected chi connectivity index (χ0v) is 13.5. The summed E-state index contributed by atoms with van der Waals surface area (Å²) in [5.74, 6) is 0.608. The van der Waals surface area contributed by atoms with E-state index in [1.807, 2.05) is 12.1 Å². The predicted octanol–water partition coefficient (Wildman–Crippen LogP) is 4.74. The summed E-state index contributed by atoms with van der Waals surface area (Å²) in [4.78, 5) is 8.46. The van der Waals surface area contributed by atoms with Crippen LogP contribution in [0.3, 0.4) is 0 Å². The highest BCUT2D eigenvalue weighted by Gasteiger charge is 2.00. The van der Waals surface area contributed by atoms with Gasteiger partial charge in [0, 0.05) is 26.1 Å². The number of anilines is 2. The molecule has 0 aliphatic rings. The van der Waals surface area contributed by atoms with Crippen LogP contribution >= 0.6 is 38.5 Å². The van der Waals surface area contributed by atoms with Gasteiger partial charge in [0.15, 0.2) is 0 Å². The largest absolute Gasteiger partial charge is 0.324 e. The molecule has 3 aromatic rings. The lowest BCUT2D eigenvalue weighted by Crippen LogP contribution is -1.96. The number of hydrogen-bond donors (Lipinski definition) is 1. The molecule has 0 saturated heterocycles. The molecule has 0 saturated carbocycles. The van der Waals surface area contributed by atoms with E-state index in [4.69, 9.17) is 0 Å². The van der Waals surface area contributed by atoms with Gasteiger partial charge in [-0.1, -0.05) is 28.1 Å². The highest BCUT2D eigenvalue weighted by molar-refractivity contribution is 14.1. The maximum atomic E-state index is 4.23. The van der Waals surface area contributed by atoms with E-state index >= 15 is 0 Å². The van der Waals surface area contributed by atoms with Crippen molar-refractivity contribution in [2.75, 3.05) is 5.32 Å². The molecular weight excluding hydrogens is 417 g/mol. The van der Waals surface area contributed by atoms with E-state index in [0.717, 1.165) is 13.7 Å². The zero-order chi connectivity index (χ0) is 13.2. The lowest BCUT2D eigenvalue weighted by Gasteiger charge is -2.06.